The van der Waals surface area contributed by atoms with Crippen LogP contribution in [0.25, 0.3) is 0 Å². The molecule has 1 saturated carbocycles. The third kappa shape index (κ3) is 6.22. The van der Waals surface area contributed by atoms with Gasteiger partial charge in [-0.25, -0.2) is 12.7 Å². The van der Waals surface area contributed by atoms with E-state index < -0.39 is 10.0 Å². The molecule has 0 radical (unpaired) electrons. The zero-order chi connectivity index (χ0) is 18.3. The summed E-state index contributed by atoms with van der Waals surface area (Å²) >= 11 is 0. The standard InChI is InChI=1S/C18H35N3O3S/c1-3-25(23,24)21-14-10-16(11-15-21)18(22)19-12-7-13-20(2)17-8-5-4-6-9-17/h16-17H,3-15H2,1-2H3,(H,19,22). The lowest BCUT2D eigenvalue weighted by Crippen LogP contribution is -2.44. The molecule has 1 amide bonds. The van der Waals surface area contributed by atoms with Crippen molar-refractivity contribution < 1.29 is 13.2 Å². The fourth-order valence-corrected chi connectivity index (χ4v) is 5.10. The Labute approximate surface area is 153 Å². The van der Waals surface area contributed by atoms with E-state index in [0.717, 1.165) is 13.0 Å². The Kier molecular flexibility index (Phi) is 8.16. The summed E-state index contributed by atoms with van der Waals surface area (Å²) in [7, 11) is -0.919. The number of carbonyl (C=O) groups is 1. The summed E-state index contributed by atoms with van der Waals surface area (Å²) in [4.78, 5) is 14.7. The number of hydrogen-bond acceptors (Lipinski definition) is 4. The van der Waals surface area contributed by atoms with Gasteiger partial charge in [0.25, 0.3) is 0 Å². The van der Waals surface area contributed by atoms with Crippen LogP contribution in [0.15, 0.2) is 0 Å². The predicted molar refractivity (Wildman–Crippen MR) is 101 cm³/mol. The second-order valence-corrected chi connectivity index (χ2v) is 9.75. The second kappa shape index (κ2) is 9.88. The number of piperidine rings is 1. The zero-order valence-electron chi connectivity index (χ0n) is 15.9. The van der Waals surface area contributed by atoms with Gasteiger partial charge >= 0.3 is 0 Å². The lowest BCUT2D eigenvalue weighted by molar-refractivity contribution is -0.126. The molecule has 0 bridgehead atoms. The minimum atomic E-state index is -3.12. The van der Waals surface area contributed by atoms with E-state index in [0.29, 0.717) is 38.5 Å². The molecule has 0 atom stereocenters. The molecule has 0 aromatic heterocycles. The zero-order valence-corrected chi connectivity index (χ0v) is 16.7. The topological polar surface area (TPSA) is 69.7 Å². The second-order valence-electron chi connectivity index (χ2n) is 7.49. The molecule has 2 rings (SSSR count). The molecule has 1 N–H and O–H groups in total. The number of sulfonamides is 1. The summed E-state index contributed by atoms with van der Waals surface area (Å²) in [6.07, 6.45) is 8.92. The van der Waals surface area contributed by atoms with Gasteiger partial charge in [-0.1, -0.05) is 19.3 Å². The average Bonchev–Trinajstić information content (AvgIpc) is 2.65. The predicted octanol–water partition coefficient (Wildman–Crippen LogP) is 1.82. The van der Waals surface area contributed by atoms with Crippen molar-refractivity contribution in [2.24, 2.45) is 5.92 Å². The van der Waals surface area contributed by atoms with Crippen LogP contribution in [0.4, 0.5) is 0 Å². The van der Waals surface area contributed by atoms with Gasteiger partial charge in [0, 0.05) is 31.6 Å². The molecular formula is C18H35N3O3S. The highest BCUT2D eigenvalue weighted by Gasteiger charge is 2.29. The monoisotopic (exact) mass is 373 g/mol. The van der Waals surface area contributed by atoms with Crippen LogP contribution in [0.1, 0.15) is 58.3 Å². The van der Waals surface area contributed by atoms with E-state index in [1.54, 1.807) is 6.92 Å². The molecule has 0 aromatic carbocycles. The first-order chi connectivity index (χ1) is 11.9. The van der Waals surface area contributed by atoms with E-state index >= 15 is 0 Å². The summed E-state index contributed by atoms with van der Waals surface area (Å²) in [5.41, 5.74) is 0. The third-order valence-corrected chi connectivity index (χ3v) is 7.65. The van der Waals surface area contributed by atoms with Crippen LogP contribution in [0.2, 0.25) is 0 Å². The smallest absolute Gasteiger partial charge is 0.223 e. The Morgan fingerprint density at radius 2 is 1.76 bits per heavy atom. The fraction of sp³-hybridized carbons (Fsp3) is 0.944. The molecule has 0 spiro atoms. The molecule has 146 valence electrons. The van der Waals surface area contributed by atoms with Gasteiger partial charge in [-0.3, -0.25) is 4.79 Å². The van der Waals surface area contributed by atoms with E-state index in [2.05, 4.69) is 17.3 Å². The Morgan fingerprint density at radius 1 is 1.12 bits per heavy atom. The molecule has 25 heavy (non-hydrogen) atoms. The molecule has 1 aliphatic carbocycles. The maximum absolute atomic E-state index is 12.3. The van der Waals surface area contributed by atoms with Crippen molar-refractivity contribution in [3.63, 3.8) is 0 Å². The van der Waals surface area contributed by atoms with E-state index in [-0.39, 0.29) is 17.6 Å². The fourth-order valence-electron chi connectivity index (χ4n) is 3.97. The first-order valence-electron chi connectivity index (χ1n) is 9.90. The molecule has 1 saturated heterocycles. The molecule has 2 aliphatic rings. The number of carbonyl (C=O) groups excluding carboxylic acids is 1. The minimum absolute atomic E-state index is 0.0422. The van der Waals surface area contributed by atoms with Gasteiger partial charge in [0.05, 0.1) is 5.75 Å². The summed E-state index contributed by atoms with van der Waals surface area (Å²) < 4.78 is 25.2. The van der Waals surface area contributed by atoms with Crippen molar-refractivity contribution in [1.82, 2.24) is 14.5 Å². The number of hydrogen-bond donors (Lipinski definition) is 1. The number of nitrogens with zero attached hydrogens (tertiary/aromatic N) is 2. The highest BCUT2D eigenvalue weighted by atomic mass is 32.2. The molecule has 0 aromatic rings. The highest BCUT2D eigenvalue weighted by Crippen LogP contribution is 2.22. The van der Waals surface area contributed by atoms with E-state index in [4.69, 9.17) is 0 Å². The Hall–Kier alpha value is -0.660. The first kappa shape index (κ1) is 20.6. The quantitative estimate of drug-likeness (QED) is 0.659. The average molecular weight is 374 g/mol. The molecule has 1 heterocycles. The molecule has 6 nitrogen and oxygen atoms in total. The summed E-state index contributed by atoms with van der Waals surface area (Å²) in [5, 5.41) is 3.04. The van der Waals surface area contributed by atoms with E-state index in [1.807, 2.05) is 0 Å². The van der Waals surface area contributed by atoms with Crippen LogP contribution < -0.4 is 5.32 Å². The summed E-state index contributed by atoms with van der Waals surface area (Å²) in [6, 6.07) is 0.717. The molecular weight excluding hydrogens is 338 g/mol. The SMILES string of the molecule is CCS(=O)(=O)N1CCC(C(=O)NCCCN(C)C2CCCCC2)CC1. The third-order valence-electron chi connectivity index (χ3n) is 5.77. The molecule has 1 aliphatic heterocycles. The Bertz CT molecular complexity index is 510. The van der Waals surface area contributed by atoms with Gasteiger partial charge in [0.15, 0.2) is 0 Å². The highest BCUT2D eigenvalue weighted by molar-refractivity contribution is 7.89. The number of amides is 1. The van der Waals surface area contributed by atoms with Gasteiger partial charge in [-0.2, -0.15) is 0 Å². The normalized spacial score (nSPS) is 21.6. The first-order valence-corrected chi connectivity index (χ1v) is 11.5. The maximum Gasteiger partial charge on any atom is 0.223 e. The molecule has 7 heteroatoms. The van der Waals surface area contributed by atoms with Gasteiger partial charge in [-0.05, 0) is 52.6 Å². The van der Waals surface area contributed by atoms with Crippen LogP contribution in [0.3, 0.4) is 0 Å². The van der Waals surface area contributed by atoms with Crippen LogP contribution in [0, 0.1) is 5.92 Å². The Balaban J connectivity index is 1.61. The summed E-state index contributed by atoms with van der Waals surface area (Å²) in [5.74, 6) is 0.187. The van der Waals surface area contributed by atoms with Crippen molar-refractivity contribution in [1.29, 1.82) is 0 Å². The van der Waals surface area contributed by atoms with Crippen molar-refractivity contribution >= 4 is 15.9 Å². The number of rotatable bonds is 8. The van der Waals surface area contributed by atoms with Crippen LogP contribution in [0.5, 0.6) is 0 Å². The molecule has 0 unspecified atom stereocenters. The summed E-state index contributed by atoms with van der Waals surface area (Å²) in [6.45, 7) is 4.34. The van der Waals surface area contributed by atoms with Crippen molar-refractivity contribution in [2.75, 3.05) is 39.0 Å². The van der Waals surface area contributed by atoms with Gasteiger partial charge in [-0.15, -0.1) is 0 Å². The van der Waals surface area contributed by atoms with E-state index in [1.165, 1.54) is 36.4 Å². The van der Waals surface area contributed by atoms with Crippen LogP contribution >= 0.6 is 0 Å². The maximum atomic E-state index is 12.3. The lowest BCUT2D eigenvalue weighted by atomic mass is 9.94. The lowest BCUT2D eigenvalue weighted by Gasteiger charge is -2.31. The van der Waals surface area contributed by atoms with Crippen molar-refractivity contribution in [3.05, 3.63) is 0 Å². The van der Waals surface area contributed by atoms with Gasteiger partial charge in [0.2, 0.25) is 15.9 Å². The van der Waals surface area contributed by atoms with Gasteiger partial charge in [0.1, 0.15) is 0 Å². The van der Waals surface area contributed by atoms with Gasteiger partial charge < -0.3 is 10.2 Å². The van der Waals surface area contributed by atoms with Crippen LogP contribution in [-0.4, -0.2) is 68.6 Å². The van der Waals surface area contributed by atoms with E-state index in [9.17, 15) is 13.2 Å². The Morgan fingerprint density at radius 3 is 2.36 bits per heavy atom. The number of nitrogens with one attached hydrogen (secondary N) is 1. The van der Waals surface area contributed by atoms with Crippen LogP contribution in [-0.2, 0) is 14.8 Å². The molecule has 2 fully saturated rings. The van der Waals surface area contributed by atoms with Crippen molar-refractivity contribution in [2.45, 2.75) is 64.3 Å². The van der Waals surface area contributed by atoms with Crippen molar-refractivity contribution in [3.8, 4) is 0 Å². The largest absolute Gasteiger partial charge is 0.356 e. The minimum Gasteiger partial charge on any atom is -0.356 e.